The fourth-order valence-electron chi connectivity index (χ4n) is 2.42. The predicted octanol–water partition coefficient (Wildman–Crippen LogP) is 2.95. The van der Waals surface area contributed by atoms with Crippen LogP contribution in [0.15, 0.2) is 24.3 Å². The monoisotopic (exact) mass is 287 g/mol. The van der Waals surface area contributed by atoms with E-state index < -0.39 is 0 Å². The SMILES string of the molecule is N#Cc1ccccc1NC(=S)NC(=O)C1CCCCC1. The van der Waals surface area contributed by atoms with E-state index in [-0.39, 0.29) is 16.9 Å². The average Bonchev–Trinajstić information content (AvgIpc) is 2.48. The Morgan fingerprint density at radius 3 is 2.65 bits per heavy atom. The zero-order valence-electron chi connectivity index (χ0n) is 11.2. The van der Waals surface area contributed by atoms with Crippen molar-refractivity contribution in [2.75, 3.05) is 5.32 Å². The van der Waals surface area contributed by atoms with Crippen LogP contribution >= 0.6 is 12.2 Å². The largest absolute Gasteiger partial charge is 0.331 e. The topological polar surface area (TPSA) is 64.9 Å². The molecule has 0 unspecified atom stereocenters. The van der Waals surface area contributed by atoms with Gasteiger partial charge in [0, 0.05) is 5.92 Å². The molecule has 1 aliphatic rings. The minimum atomic E-state index is -0.0170. The molecule has 0 atom stereocenters. The van der Waals surface area contributed by atoms with E-state index in [1.165, 1.54) is 6.42 Å². The van der Waals surface area contributed by atoms with Gasteiger partial charge in [0.15, 0.2) is 5.11 Å². The van der Waals surface area contributed by atoms with Crippen LogP contribution < -0.4 is 10.6 Å². The summed E-state index contributed by atoms with van der Waals surface area (Å²) in [5.41, 5.74) is 1.12. The summed E-state index contributed by atoms with van der Waals surface area (Å²) in [6.07, 6.45) is 5.29. The van der Waals surface area contributed by atoms with Crippen molar-refractivity contribution in [3.8, 4) is 6.07 Å². The summed E-state index contributed by atoms with van der Waals surface area (Å²) in [5, 5.41) is 14.9. The van der Waals surface area contributed by atoms with Crippen molar-refractivity contribution in [1.29, 1.82) is 5.26 Å². The van der Waals surface area contributed by atoms with Gasteiger partial charge in [-0.05, 0) is 37.2 Å². The molecule has 104 valence electrons. The van der Waals surface area contributed by atoms with E-state index in [2.05, 4.69) is 16.7 Å². The molecule has 1 saturated carbocycles. The van der Waals surface area contributed by atoms with Crippen molar-refractivity contribution in [1.82, 2.24) is 5.32 Å². The number of rotatable bonds is 2. The number of nitriles is 1. The van der Waals surface area contributed by atoms with Gasteiger partial charge in [-0.2, -0.15) is 5.26 Å². The maximum absolute atomic E-state index is 12.0. The third kappa shape index (κ3) is 3.78. The van der Waals surface area contributed by atoms with Crippen LogP contribution in [0.5, 0.6) is 0 Å². The summed E-state index contributed by atoms with van der Waals surface area (Å²) in [6, 6.07) is 9.15. The standard InChI is InChI=1S/C15H17N3OS/c16-10-12-8-4-5-9-13(12)17-15(20)18-14(19)11-6-2-1-3-7-11/h4-5,8-9,11H,1-3,6-7H2,(H2,17,18,19,20). The first-order valence-corrected chi connectivity index (χ1v) is 7.22. The van der Waals surface area contributed by atoms with Gasteiger partial charge in [0.05, 0.1) is 11.3 Å². The molecule has 0 saturated heterocycles. The van der Waals surface area contributed by atoms with Gasteiger partial charge >= 0.3 is 0 Å². The Morgan fingerprint density at radius 1 is 1.25 bits per heavy atom. The molecule has 0 heterocycles. The number of carbonyl (C=O) groups excluding carboxylic acids is 1. The molecule has 0 radical (unpaired) electrons. The van der Waals surface area contributed by atoms with Crippen LogP contribution in [0.3, 0.4) is 0 Å². The van der Waals surface area contributed by atoms with E-state index in [0.29, 0.717) is 11.3 Å². The highest BCUT2D eigenvalue weighted by atomic mass is 32.1. The number of amides is 1. The summed E-state index contributed by atoms with van der Waals surface area (Å²) in [4.78, 5) is 12.0. The van der Waals surface area contributed by atoms with Gasteiger partial charge in [0.25, 0.3) is 0 Å². The van der Waals surface area contributed by atoms with Gasteiger partial charge in [-0.15, -0.1) is 0 Å². The van der Waals surface area contributed by atoms with Crippen molar-refractivity contribution in [3.05, 3.63) is 29.8 Å². The van der Waals surface area contributed by atoms with Crippen LogP contribution in [0.4, 0.5) is 5.69 Å². The fraction of sp³-hybridized carbons (Fsp3) is 0.400. The van der Waals surface area contributed by atoms with Crippen LogP contribution in [0.25, 0.3) is 0 Å². The third-order valence-corrected chi connectivity index (χ3v) is 3.71. The van der Waals surface area contributed by atoms with Crippen LogP contribution in [-0.2, 0) is 4.79 Å². The van der Waals surface area contributed by atoms with Crippen LogP contribution in [0.2, 0.25) is 0 Å². The molecule has 1 aromatic carbocycles. The molecule has 1 amide bonds. The number of carbonyl (C=O) groups is 1. The van der Waals surface area contributed by atoms with E-state index >= 15 is 0 Å². The lowest BCUT2D eigenvalue weighted by Crippen LogP contribution is -2.39. The van der Waals surface area contributed by atoms with Gasteiger partial charge in [0.2, 0.25) is 5.91 Å². The molecule has 1 fully saturated rings. The first kappa shape index (κ1) is 14.5. The number of nitrogens with one attached hydrogen (secondary N) is 2. The highest BCUT2D eigenvalue weighted by molar-refractivity contribution is 7.80. The number of anilines is 1. The van der Waals surface area contributed by atoms with Gasteiger partial charge < -0.3 is 10.6 Å². The molecule has 4 nitrogen and oxygen atoms in total. The molecule has 0 aromatic heterocycles. The number of thiocarbonyl (C=S) groups is 1. The average molecular weight is 287 g/mol. The molecule has 1 aliphatic carbocycles. The molecule has 2 N–H and O–H groups in total. The molecule has 0 aliphatic heterocycles. The van der Waals surface area contributed by atoms with E-state index in [0.717, 1.165) is 25.7 Å². The highest BCUT2D eigenvalue weighted by Gasteiger charge is 2.21. The van der Waals surface area contributed by atoms with Gasteiger partial charge in [-0.1, -0.05) is 31.4 Å². The van der Waals surface area contributed by atoms with Crippen LogP contribution in [0.1, 0.15) is 37.7 Å². The minimum Gasteiger partial charge on any atom is -0.331 e. The number of para-hydroxylation sites is 1. The number of hydrogen-bond donors (Lipinski definition) is 2. The summed E-state index contributed by atoms with van der Waals surface area (Å²) in [7, 11) is 0. The predicted molar refractivity (Wildman–Crippen MR) is 82.1 cm³/mol. The first-order chi connectivity index (χ1) is 9.70. The maximum atomic E-state index is 12.0. The Kier molecular flexibility index (Phi) is 5.08. The fourth-order valence-corrected chi connectivity index (χ4v) is 2.63. The molecule has 20 heavy (non-hydrogen) atoms. The highest BCUT2D eigenvalue weighted by Crippen LogP contribution is 2.23. The summed E-state index contributed by atoms with van der Waals surface area (Å²) in [6.45, 7) is 0. The summed E-state index contributed by atoms with van der Waals surface area (Å²) >= 11 is 5.14. The zero-order valence-corrected chi connectivity index (χ0v) is 12.0. The lowest BCUT2D eigenvalue weighted by molar-refractivity contribution is -0.124. The molecule has 1 aromatic rings. The molecular weight excluding hydrogens is 270 g/mol. The molecule has 5 heteroatoms. The van der Waals surface area contributed by atoms with Crippen molar-refractivity contribution in [2.24, 2.45) is 5.92 Å². The Labute approximate surface area is 124 Å². The van der Waals surface area contributed by atoms with E-state index in [1.54, 1.807) is 18.2 Å². The van der Waals surface area contributed by atoms with Gasteiger partial charge in [-0.25, -0.2) is 0 Å². The minimum absolute atomic E-state index is 0.0170. The maximum Gasteiger partial charge on any atom is 0.229 e. The summed E-state index contributed by atoms with van der Waals surface area (Å²) in [5.74, 6) is 0.0475. The Bertz CT molecular complexity index is 544. The molecule has 0 spiro atoms. The van der Waals surface area contributed by atoms with Crippen molar-refractivity contribution >= 4 is 28.9 Å². The van der Waals surface area contributed by atoms with Crippen molar-refractivity contribution < 1.29 is 4.79 Å². The van der Waals surface area contributed by atoms with E-state index in [1.807, 2.05) is 6.07 Å². The Morgan fingerprint density at radius 2 is 1.95 bits per heavy atom. The van der Waals surface area contributed by atoms with Crippen molar-refractivity contribution in [2.45, 2.75) is 32.1 Å². The molecule has 0 bridgehead atoms. The van der Waals surface area contributed by atoms with Gasteiger partial charge in [0.1, 0.15) is 6.07 Å². The Balaban J connectivity index is 1.92. The lowest BCUT2D eigenvalue weighted by Gasteiger charge is -2.21. The van der Waals surface area contributed by atoms with Crippen molar-refractivity contribution in [3.63, 3.8) is 0 Å². The normalized spacial score (nSPS) is 15.2. The second-order valence-electron chi connectivity index (χ2n) is 4.94. The Hall–Kier alpha value is -1.93. The second-order valence-corrected chi connectivity index (χ2v) is 5.34. The summed E-state index contributed by atoms with van der Waals surface area (Å²) < 4.78 is 0. The quantitative estimate of drug-likeness (QED) is 0.821. The van der Waals surface area contributed by atoms with E-state index in [4.69, 9.17) is 17.5 Å². The third-order valence-electron chi connectivity index (χ3n) is 3.51. The van der Waals surface area contributed by atoms with Gasteiger partial charge in [-0.3, -0.25) is 4.79 Å². The smallest absolute Gasteiger partial charge is 0.229 e. The zero-order chi connectivity index (χ0) is 14.4. The van der Waals surface area contributed by atoms with Crippen LogP contribution in [-0.4, -0.2) is 11.0 Å². The molecular formula is C15H17N3OS. The number of nitrogens with zero attached hydrogens (tertiary/aromatic N) is 1. The molecule has 2 rings (SSSR count). The van der Waals surface area contributed by atoms with E-state index in [9.17, 15) is 4.79 Å². The second kappa shape index (κ2) is 7.01. The number of benzene rings is 1. The lowest BCUT2D eigenvalue weighted by atomic mass is 9.89. The van der Waals surface area contributed by atoms with Crippen LogP contribution in [0, 0.1) is 17.2 Å². The number of hydrogen-bond acceptors (Lipinski definition) is 3. The first-order valence-electron chi connectivity index (χ1n) is 6.81.